The monoisotopic (exact) mass is 295 g/mol. The molecule has 0 radical (unpaired) electrons. The van der Waals surface area contributed by atoms with E-state index < -0.39 is 5.69 Å². The highest BCUT2D eigenvalue weighted by Gasteiger charge is 2.28. The number of hydrogen-bond donors (Lipinski definition) is 1. The van der Waals surface area contributed by atoms with Gasteiger partial charge in [0.2, 0.25) is 5.91 Å². The van der Waals surface area contributed by atoms with Crippen molar-refractivity contribution >= 4 is 5.91 Å². The van der Waals surface area contributed by atoms with Gasteiger partial charge in [0.1, 0.15) is 6.54 Å². The number of aromatic nitrogens is 2. The van der Waals surface area contributed by atoms with Gasteiger partial charge < -0.3 is 10.0 Å². The first-order valence-corrected chi connectivity index (χ1v) is 7.21. The lowest BCUT2D eigenvalue weighted by molar-refractivity contribution is -0.136. The fourth-order valence-electron chi connectivity index (χ4n) is 2.42. The van der Waals surface area contributed by atoms with Crippen LogP contribution in [0.5, 0.6) is 0 Å². The van der Waals surface area contributed by atoms with E-state index in [0.29, 0.717) is 13.0 Å². The summed E-state index contributed by atoms with van der Waals surface area (Å²) in [4.78, 5) is 37.4. The highest BCUT2D eigenvalue weighted by molar-refractivity contribution is 5.76. The first kappa shape index (κ1) is 15.5. The van der Waals surface area contributed by atoms with Crippen molar-refractivity contribution < 1.29 is 9.90 Å². The minimum atomic E-state index is -0.494. The molecule has 1 aliphatic carbocycles. The number of nitrogens with zero attached hydrogens (tertiary/aromatic N) is 3. The van der Waals surface area contributed by atoms with Gasteiger partial charge in [-0.3, -0.25) is 18.7 Å². The molecule has 0 aromatic carbocycles. The molecule has 1 aliphatic rings. The van der Waals surface area contributed by atoms with Crippen LogP contribution in [0.25, 0.3) is 0 Å². The van der Waals surface area contributed by atoms with Gasteiger partial charge in [0, 0.05) is 38.5 Å². The lowest BCUT2D eigenvalue weighted by atomic mass is 9.91. The van der Waals surface area contributed by atoms with E-state index in [0.717, 1.165) is 23.8 Å². The molecule has 21 heavy (non-hydrogen) atoms. The summed E-state index contributed by atoms with van der Waals surface area (Å²) in [5, 5.41) is 8.94. The Labute approximate surface area is 122 Å². The Balaban J connectivity index is 2.13. The van der Waals surface area contributed by atoms with Crippen LogP contribution in [0.4, 0.5) is 0 Å². The molecule has 7 nitrogen and oxygen atoms in total. The van der Waals surface area contributed by atoms with Gasteiger partial charge >= 0.3 is 5.69 Å². The number of amides is 1. The van der Waals surface area contributed by atoms with E-state index in [4.69, 9.17) is 5.11 Å². The zero-order chi connectivity index (χ0) is 15.4. The summed E-state index contributed by atoms with van der Waals surface area (Å²) in [7, 11) is 1.39. The largest absolute Gasteiger partial charge is 0.396 e. The van der Waals surface area contributed by atoms with Crippen molar-refractivity contribution in [2.75, 3.05) is 13.2 Å². The number of carbonyl (C=O) groups excluding carboxylic acids is 1. The predicted octanol–water partition coefficient (Wildman–Crippen LogP) is -0.689. The van der Waals surface area contributed by atoms with Gasteiger partial charge in [-0.05, 0) is 25.7 Å². The minimum Gasteiger partial charge on any atom is -0.396 e. The van der Waals surface area contributed by atoms with Crippen LogP contribution in [-0.4, -0.2) is 44.2 Å². The van der Waals surface area contributed by atoms with Gasteiger partial charge in [0.25, 0.3) is 5.56 Å². The van der Waals surface area contributed by atoms with Gasteiger partial charge in [-0.2, -0.15) is 0 Å². The normalized spacial score (nSPS) is 14.8. The van der Waals surface area contributed by atoms with E-state index in [9.17, 15) is 14.4 Å². The second-order valence-corrected chi connectivity index (χ2v) is 5.37. The molecule has 0 unspecified atom stereocenters. The standard InChI is InChI=1S/C14H21N3O4/c1-15-12(19)6-8-16(14(15)21)10-13(20)17(7-3-9-18)11-4-2-5-11/h6,8,11,18H,2-5,7,9-10H2,1H3. The third kappa shape index (κ3) is 3.41. The smallest absolute Gasteiger partial charge is 0.331 e. The maximum absolute atomic E-state index is 12.4. The van der Waals surface area contributed by atoms with Crippen molar-refractivity contribution in [3.8, 4) is 0 Å². The number of hydrogen-bond acceptors (Lipinski definition) is 4. The van der Waals surface area contributed by atoms with E-state index >= 15 is 0 Å². The van der Waals surface area contributed by atoms with Crippen LogP contribution >= 0.6 is 0 Å². The van der Waals surface area contributed by atoms with Crippen LogP contribution in [0.3, 0.4) is 0 Å². The molecule has 7 heteroatoms. The van der Waals surface area contributed by atoms with Gasteiger partial charge in [0.15, 0.2) is 0 Å². The second-order valence-electron chi connectivity index (χ2n) is 5.37. The fraction of sp³-hybridized carbons (Fsp3) is 0.643. The van der Waals surface area contributed by atoms with Crippen molar-refractivity contribution in [1.82, 2.24) is 14.0 Å². The quantitative estimate of drug-likeness (QED) is 0.753. The van der Waals surface area contributed by atoms with Crippen molar-refractivity contribution in [2.24, 2.45) is 7.05 Å². The molecule has 0 aliphatic heterocycles. The van der Waals surface area contributed by atoms with Gasteiger partial charge in [-0.25, -0.2) is 4.79 Å². The van der Waals surface area contributed by atoms with E-state index in [2.05, 4.69) is 0 Å². The van der Waals surface area contributed by atoms with Crippen LogP contribution < -0.4 is 11.2 Å². The van der Waals surface area contributed by atoms with Crippen LogP contribution in [0, 0.1) is 0 Å². The van der Waals surface area contributed by atoms with E-state index in [-0.39, 0.29) is 30.7 Å². The second kappa shape index (κ2) is 6.71. The molecular formula is C14H21N3O4. The summed E-state index contributed by atoms with van der Waals surface area (Å²) in [6.07, 6.45) is 4.93. The summed E-state index contributed by atoms with van der Waals surface area (Å²) < 4.78 is 2.23. The first-order chi connectivity index (χ1) is 10.0. The molecule has 0 saturated heterocycles. The van der Waals surface area contributed by atoms with Crippen LogP contribution in [-0.2, 0) is 18.4 Å². The number of aliphatic hydroxyl groups is 1. The lowest BCUT2D eigenvalue weighted by Crippen LogP contribution is -2.48. The molecule has 1 heterocycles. The van der Waals surface area contributed by atoms with Crippen LogP contribution in [0.15, 0.2) is 21.9 Å². The Morgan fingerprint density at radius 2 is 2.14 bits per heavy atom. The first-order valence-electron chi connectivity index (χ1n) is 7.21. The van der Waals surface area contributed by atoms with E-state index in [1.807, 2.05) is 0 Å². The maximum atomic E-state index is 12.4. The molecule has 1 aromatic rings. The van der Waals surface area contributed by atoms with Gasteiger partial charge in [-0.15, -0.1) is 0 Å². The summed E-state index contributed by atoms with van der Waals surface area (Å²) in [5.74, 6) is -0.145. The third-order valence-electron chi connectivity index (χ3n) is 3.96. The Hall–Kier alpha value is -1.89. The topological polar surface area (TPSA) is 84.5 Å². The van der Waals surface area contributed by atoms with E-state index in [1.165, 1.54) is 23.9 Å². The average Bonchev–Trinajstić information content (AvgIpc) is 2.41. The van der Waals surface area contributed by atoms with Crippen molar-refractivity contribution in [3.05, 3.63) is 33.1 Å². The van der Waals surface area contributed by atoms with Gasteiger partial charge in [0.05, 0.1) is 0 Å². The average molecular weight is 295 g/mol. The summed E-state index contributed by atoms with van der Waals surface area (Å²) in [5.41, 5.74) is -0.883. The molecule has 1 saturated carbocycles. The van der Waals surface area contributed by atoms with Crippen LogP contribution in [0.2, 0.25) is 0 Å². The van der Waals surface area contributed by atoms with Crippen LogP contribution in [0.1, 0.15) is 25.7 Å². The molecule has 1 aromatic heterocycles. The maximum Gasteiger partial charge on any atom is 0.331 e. The summed E-state index contributed by atoms with van der Waals surface area (Å²) in [6.45, 7) is 0.464. The fourth-order valence-corrected chi connectivity index (χ4v) is 2.42. The summed E-state index contributed by atoms with van der Waals surface area (Å²) in [6, 6.07) is 1.49. The minimum absolute atomic E-state index is 0.0380. The lowest BCUT2D eigenvalue weighted by Gasteiger charge is -2.37. The molecule has 0 atom stereocenters. The molecule has 2 rings (SSSR count). The highest BCUT2D eigenvalue weighted by atomic mass is 16.3. The third-order valence-corrected chi connectivity index (χ3v) is 3.96. The number of carbonyl (C=O) groups is 1. The summed E-state index contributed by atoms with van der Waals surface area (Å²) >= 11 is 0. The molecule has 0 bridgehead atoms. The molecule has 116 valence electrons. The van der Waals surface area contributed by atoms with Crippen molar-refractivity contribution in [2.45, 2.75) is 38.3 Å². The molecular weight excluding hydrogens is 274 g/mol. The zero-order valence-corrected chi connectivity index (χ0v) is 12.2. The predicted molar refractivity (Wildman–Crippen MR) is 77.0 cm³/mol. The Morgan fingerprint density at radius 3 is 2.71 bits per heavy atom. The highest BCUT2D eigenvalue weighted by Crippen LogP contribution is 2.25. The number of aliphatic hydroxyl groups excluding tert-OH is 1. The van der Waals surface area contributed by atoms with E-state index in [1.54, 1.807) is 4.90 Å². The SMILES string of the molecule is Cn1c(=O)ccn(CC(=O)N(CCCO)C2CCC2)c1=O. The van der Waals surface area contributed by atoms with Crippen molar-refractivity contribution in [3.63, 3.8) is 0 Å². The van der Waals surface area contributed by atoms with Gasteiger partial charge in [-0.1, -0.05) is 0 Å². The number of rotatable bonds is 6. The molecule has 1 N–H and O–H groups in total. The molecule has 0 spiro atoms. The molecule has 1 amide bonds. The zero-order valence-electron chi connectivity index (χ0n) is 12.2. The molecule has 1 fully saturated rings. The van der Waals surface area contributed by atoms with Crippen molar-refractivity contribution in [1.29, 1.82) is 0 Å². The Morgan fingerprint density at radius 1 is 1.43 bits per heavy atom. The Kier molecular flexibility index (Phi) is 4.95. The Bertz CT molecular complexity index is 615.